The summed E-state index contributed by atoms with van der Waals surface area (Å²) in [5.74, 6) is 2.05. The average Bonchev–Trinajstić information content (AvgIpc) is 2.64. The lowest BCUT2D eigenvalue weighted by Gasteiger charge is -2.18. The summed E-state index contributed by atoms with van der Waals surface area (Å²) < 4.78 is 17.1. The molecule has 0 unspecified atom stereocenters. The van der Waals surface area contributed by atoms with Crippen LogP contribution in [-0.4, -0.2) is 32.3 Å². The second kappa shape index (κ2) is 12.4. The van der Waals surface area contributed by atoms with Gasteiger partial charge in [0, 0.05) is 12.1 Å². The number of carbonyl (C=O) groups is 1. The van der Waals surface area contributed by atoms with E-state index < -0.39 is 0 Å². The van der Waals surface area contributed by atoms with Crippen LogP contribution in [0.3, 0.4) is 0 Å². The first-order chi connectivity index (χ1) is 12.6. The number of benzene rings is 1. The van der Waals surface area contributed by atoms with Crippen molar-refractivity contribution >= 4 is 5.91 Å². The van der Waals surface area contributed by atoms with Crippen LogP contribution in [0.15, 0.2) is 12.1 Å². The minimum atomic E-state index is -0.107. The number of ether oxygens (including phenoxy) is 3. The molecule has 0 radical (unpaired) electrons. The highest BCUT2D eigenvalue weighted by Crippen LogP contribution is 2.39. The first-order valence-corrected chi connectivity index (χ1v) is 9.95. The van der Waals surface area contributed by atoms with Crippen LogP contribution >= 0.6 is 0 Å². The topological polar surface area (TPSA) is 56.8 Å². The summed E-state index contributed by atoms with van der Waals surface area (Å²) in [5, 5.41) is 3.06. The van der Waals surface area contributed by atoms with Crippen molar-refractivity contribution in [1.29, 1.82) is 0 Å². The van der Waals surface area contributed by atoms with Gasteiger partial charge in [0.15, 0.2) is 11.5 Å². The van der Waals surface area contributed by atoms with Gasteiger partial charge in [0.2, 0.25) is 5.75 Å². The van der Waals surface area contributed by atoms with Crippen molar-refractivity contribution in [2.45, 2.75) is 60.3 Å². The van der Waals surface area contributed by atoms with Crippen molar-refractivity contribution in [3.63, 3.8) is 0 Å². The zero-order valence-corrected chi connectivity index (χ0v) is 17.0. The van der Waals surface area contributed by atoms with E-state index in [0.29, 0.717) is 55.1 Å². The van der Waals surface area contributed by atoms with Crippen molar-refractivity contribution in [3.8, 4) is 17.2 Å². The smallest absolute Gasteiger partial charge is 0.251 e. The van der Waals surface area contributed by atoms with Gasteiger partial charge in [0.1, 0.15) is 0 Å². The van der Waals surface area contributed by atoms with Crippen LogP contribution in [0.1, 0.15) is 70.7 Å². The van der Waals surface area contributed by atoms with Gasteiger partial charge in [0.25, 0.3) is 5.91 Å². The highest BCUT2D eigenvalue weighted by molar-refractivity contribution is 5.95. The van der Waals surface area contributed by atoms with Gasteiger partial charge in [0.05, 0.1) is 19.8 Å². The van der Waals surface area contributed by atoms with Gasteiger partial charge in [-0.3, -0.25) is 4.79 Å². The Hall–Kier alpha value is -1.91. The predicted octanol–water partition coefficient (Wildman–Crippen LogP) is 4.83. The van der Waals surface area contributed by atoms with Crippen LogP contribution in [0.2, 0.25) is 0 Å². The summed E-state index contributed by atoms with van der Waals surface area (Å²) in [6, 6.07) is 3.47. The van der Waals surface area contributed by atoms with Crippen LogP contribution in [0, 0.1) is 5.92 Å². The van der Waals surface area contributed by atoms with Crippen molar-refractivity contribution in [1.82, 2.24) is 5.32 Å². The Kier molecular flexibility index (Phi) is 10.6. The molecule has 1 rings (SSSR count). The van der Waals surface area contributed by atoms with E-state index in [1.54, 1.807) is 12.1 Å². The summed E-state index contributed by atoms with van der Waals surface area (Å²) in [4.78, 5) is 12.7. The molecule has 0 spiro atoms. The highest BCUT2D eigenvalue weighted by Gasteiger charge is 2.19. The third-order valence-corrected chi connectivity index (χ3v) is 4.27. The maximum atomic E-state index is 12.7. The second-order valence-corrected chi connectivity index (χ2v) is 6.23. The average molecular weight is 366 g/mol. The molecule has 0 aliphatic heterocycles. The van der Waals surface area contributed by atoms with Crippen LogP contribution in [-0.2, 0) is 0 Å². The third kappa shape index (κ3) is 6.77. The molecule has 148 valence electrons. The van der Waals surface area contributed by atoms with Gasteiger partial charge in [-0.15, -0.1) is 0 Å². The molecule has 5 nitrogen and oxygen atoms in total. The van der Waals surface area contributed by atoms with Crippen LogP contribution < -0.4 is 19.5 Å². The lowest BCUT2D eigenvalue weighted by molar-refractivity contribution is 0.0944. The number of hydrogen-bond donors (Lipinski definition) is 1. The fourth-order valence-corrected chi connectivity index (χ4v) is 2.80. The van der Waals surface area contributed by atoms with Gasteiger partial charge in [-0.1, -0.05) is 33.1 Å². The molecule has 0 fully saturated rings. The van der Waals surface area contributed by atoms with Crippen molar-refractivity contribution in [2.75, 3.05) is 26.4 Å². The van der Waals surface area contributed by atoms with Gasteiger partial charge in [-0.25, -0.2) is 0 Å². The maximum absolute atomic E-state index is 12.7. The first-order valence-electron chi connectivity index (χ1n) is 9.95. The van der Waals surface area contributed by atoms with Gasteiger partial charge < -0.3 is 19.5 Å². The zero-order chi connectivity index (χ0) is 19.4. The molecule has 1 amide bonds. The minimum Gasteiger partial charge on any atom is -0.490 e. The normalized spacial score (nSPS) is 11.7. The molecule has 0 saturated carbocycles. The molecule has 1 N–H and O–H groups in total. The molecule has 0 aliphatic carbocycles. The predicted molar refractivity (Wildman–Crippen MR) is 106 cm³/mol. The number of amides is 1. The quantitative estimate of drug-likeness (QED) is 0.544. The van der Waals surface area contributed by atoms with Crippen molar-refractivity contribution in [3.05, 3.63) is 17.7 Å². The second-order valence-electron chi connectivity index (χ2n) is 6.23. The molecular formula is C21H35NO4. The number of hydrogen-bond acceptors (Lipinski definition) is 4. The van der Waals surface area contributed by atoms with Crippen LogP contribution in [0.5, 0.6) is 17.2 Å². The zero-order valence-electron chi connectivity index (χ0n) is 17.0. The Morgan fingerprint density at radius 3 is 2.00 bits per heavy atom. The van der Waals surface area contributed by atoms with Gasteiger partial charge >= 0.3 is 0 Å². The fourth-order valence-electron chi connectivity index (χ4n) is 2.80. The Labute approximate surface area is 158 Å². The first kappa shape index (κ1) is 22.1. The highest BCUT2D eigenvalue weighted by atomic mass is 16.5. The summed E-state index contributed by atoms with van der Waals surface area (Å²) in [6.07, 6.45) is 4.59. The van der Waals surface area contributed by atoms with Crippen LogP contribution in [0.4, 0.5) is 0 Å². The summed E-state index contributed by atoms with van der Waals surface area (Å²) >= 11 is 0. The van der Waals surface area contributed by atoms with Crippen molar-refractivity contribution < 1.29 is 19.0 Å². The minimum absolute atomic E-state index is 0.107. The van der Waals surface area contributed by atoms with E-state index in [1.165, 1.54) is 12.8 Å². The molecule has 0 heterocycles. The molecular weight excluding hydrogens is 330 g/mol. The van der Waals surface area contributed by atoms with E-state index in [0.717, 1.165) is 12.8 Å². The lowest BCUT2D eigenvalue weighted by Crippen LogP contribution is -2.29. The molecule has 0 saturated heterocycles. The standard InChI is InChI=1S/C21H35NO4/c1-6-11-12-16(7-2)15-22-21(23)17-13-18(24-8-3)20(26-10-5)19(14-17)25-9-4/h13-14,16H,6-12,15H2,1-5H3,(H,22,23)/t16-/m1/s1. The van der Waals surface area contributed by atoms with E-state index in [-0.39, 0.29) is 5.91 Å². The summed E-state index contributed by atoms with van der Waals surface area (Å²) in [7, 11) is 0. The molecule has 1 atom stereocenters. The number of nitrogens with one attached hydrogen (secondary N) is 1. The van der Waals surface area contributed by atoms with E-state index >= 15 is 0 Å². The molecule has 26 heavy (non-hydrogen) atoms. The molecule has 0 aromatic heterocycles. The molecule has 1 aromatic carbocycles. The van der Waals surface area contributed by atoms with E-state index in [4.69, 9.17) is 14.2 Å². The lowest BCUT2D eigenvalue weighted by atomic mass is 9.99. The molecule has 0 aliphatic rings. The van der Waals surface area contributed by atoms with E-state index in [9.17, 15) is 4.79 Å². The van der Waals surface area contributed by atoms with E-state index in [2.05, 4.69) is 19.2 Å². The van der Waals surface area contributed by atoms with E-state index in [1.807, 2.05) is 20.8 Å². The van der Waals surface area contributed by atoms with Gasteiger partial charge in [-0.05, 0) is 45.2 Å². The number of unbranched alkanes of at least 4 members (excludes halogenated alkanes) is 1. The number of rotatable bonds is 13. The maximum Gasteiger partial charge on any atom is 0.251 e. The van der Waals surface area contributed by atoms with Gasteiger partial charge in [-0.2, -0.15) is 0 Å². The van der Waals surface area contributed by atoms with Crippen molar-refractivity contribution in [2.24, 2.45) is 5.92 Å². The summed E-state index contributed by atoms with van der Waals surface area (Å²) in [6.45, 7) is 12.3. The Morgan fingerprint density at radius 2 is 1.54 bits per heavy atom. The largest absolute Gasteiger partial charge is 0.490 e. The number of carbonyl (C=O) groups excluding carboxylic acids is 1. The Morgan fingerprint density at radius 1 is 0.962 bits per heavy atom. The Balaban J connectivity index is 2.97. The molecule has 0 bridgehead atoms. The molecule has 5 heteroatoms. The van der Waals surface area contributed by atoms with Crippen LogP contribution in [0.25, 0.3) is 0 Å². The SMILES string of the molecule is CCCC[C@@H](CC)CNC(=O)c1cc(OCC)c(OCC)c(OCC)c1. The monoisotopic (exact) mass is 365 g/mol. The Bertz CT molecular complexity index is 518. The summed E-state index contributed by atoms with van der Waals surface area (Å²) in [5.41, 5.74) is 0.533. The fraction of sp³-hybridized carbons (Fsp3) is 0.667. The third-order valence-electron chi connectivity index (χ3n) is 4.27. The molecule has 1 aromatic rings.